The van der Waals surface area contributed by atoms with E-state index >= 15 is 0 Å². The van der Waals surface area contributed by atoms with Crippen molar-refractivity contribution in [3.8, 4) is 0 Å². The topological polar surface area (TPSA) is 379 Å². The van der Waals surface area contributed by atoms with Crippen LogP contribution in [0.4, 0.5) is 0 Å². The minimum atomic E-state index is -1.87. The molecule has 10 rings (SSSR count). The summed E-state index contributed by atoms with van der Waals surface area (Å²) < 4.78 is 65.5. The van der Waals surface area contributed by atoms with E-state index in [0.29, 0.717) is 16.7 Å². The monoisotopic (exact) mass is 1190 g/mol. The van der Waals surface area contributed by atoms with Gasteiger partial charge in [0.25, 0.3) is 23.6 Å². The second-order valence-corrected chi connectivity index (χ2v) is 20.5. The number of amides is 4. The fourth-order valence-electron chi connectivity index (χ4n) is 11.2. The van der Waals surface area contributed by atoms with Crippen molar-refractivity contribution < 1.29 is 71.3 Å². The Labute approximate surface area is 495 Å². The fourth-order valence-corrected chi connectivity index (χ4v) is 11.2. The highest BCUT2D eigenvalue weighted by Gasteiger charge is 2.58. The van der Waals surface area contributed by atoms with E-state index in [0.717, 1.165) is 16.7 Å². The van der Waals surface area contributed by atoms with Crippen molar-refractivity contribution in [1.82, 2.24) is 9.80 Å². The van der Waals surface area contributed by atoms with Crippen molar-refractivity contribution in [3.63, 3.8) is 0 Å². The van der Waals surface area contributed by atoms with Crippen molar-refractivity contribution >= 4 is 29.6 Å². The zero-order chi connectivity index (χ0) is 61.0. The Hall–Kier alpha value is -9.27. The number of ether oxygens (including phenoxy) is 10. The molecule has 0 saturated carbocycles. The van der Waals surface area contributed by atoms with Crippen LogP contribution >= 0.6 is 0 Å². The summed E-state index contributed by atoms with van der Waals surface area (Å²) in [5.74, 6) is -3.71. The van der Waals surface area contributed by atoms with Gasteiger partial charge in [-0.3, -0.25) is 33.8 Å². The molecule has 5 aromatic carbocycles. The SMILES string of the molecule is CO[C@H]1O[C@H](CN=[N+]=[N-])[C@@H](O[C@H]2O[C@H](CN3C(=O)c4ccccc4C3=O)[C@@H](O[C@H]3O[C@H](CN4C(=O)c5ccccc5C4=O)[C@@H](OC(C)=O)[C@H](OCc4ccccc4)[C@H]3N=[N+]=[N-])[C@H](OCc3ccccc3)[C@H]2N=[N+]=[N-])[C@H](OCc2ccccc2)[C@H]1N=[N+]=[N-]. The van der Waals surface area contributed by atoms with Crippen LogP contribution in [0.15, 0.2) is 160 Å². The fraction of sp³-hybridized carbons (Fsp3) is 0.397. The Kier molecular flexibility index (Phi) is 19.8. The van der Waals surface area contributed by atoms with Gasteiger partial charge in [0.15, 0.2) is 25.0 Å². The van der Waals surface area contributed by atoms with Gasteiger partial charge in [0.1, 0.15) is 60.9 Å². The van der Waals surface area contributed by atoms with Crippen LogP contribution in [0.1, 0.15) is 65.0 Å². The van der Waals surface area contributed by atoms with Gasteiger partial charge < -0.3 is 47.4 Å². The van der Waals surface area contributed by atoms with Gasteiger partial charge in [-0.1, -0.05) is 136 Å². The van der Waals surface area contributed by atoms with Crippen LogP contribution in [-0.4, -0.2) is 158 Å². The number of azide groups is 4. The molecule has 5 aliphatic heterocycles. The smallest absolute Gasteiger partial charge is 0.303 e. The van der Waals surface area contributed by atoms with Gasteiger partial charge in [0.05, 0.1) is 67.8 Å². The molecule has 0 spiro atoms. The van der Waals surface area contributed by atoms with Crippen molar-refractivity contribution in [2.45, 2.75) is 119 Å². The minimum absolute atomic E-state index is 0.0628. The van der Waals surface area contributed by atoms with Gasteiger partial charge in [-0.05, 0) is 63.1 Å². The summed E-state index contributed by atoms with van der Waals surface area (Å²) in [5, 5.41) is 16.1. The molecule has 0 N–H and O–H groups in total. The predicted molar refractivity (Wildman–Crippen MR) is 300 cm³/mol. The highest BCUT2D eigenvalue weighted by atomic mass is 16.8. The maximum atomic E-state index is 14.5. The Morgan fingerprint density at radius 2 is 0.793 bits per heavy atom. The number of hydrogen-bond acceptors (Lipinski definition) is 19. The summed E-state index contributed by atoms with van der Waals surface area (Å²) in [7, 11) is 1.30. The summed E-state index contributed by atoms with van der Waals surface area (Å²) in [6, 6.07) is 34.1. The zero-order valence-electron chi connectivity index (χ0n) is 46.6. The van der Waals surface area contributed by atoms with Gasteiger partial charge in [0.2, 0.25) is 0 Å². The molecular formula is C58H56N14O15. The van der Waals surface area contributed by atoms with Crippen LogP contribution in [-0.2, 0) is 72.0 Å². The van der Waals surface area contributed by atoms with Crippen LogP contribution in [0.25, 0.3) is 41.8 Å². The average Bonchev–Trinajstić information content (AvgIpc) is 1.88. The van der Waals surface area contributed by atoms with E-state index in [9.17, 15) is 46.1 Å². The first-order chi connectivity index (χ1) is 42.4. The molecule has 5 aromatic rings. The summed E-state index contributed by atoms with van der Waals surface area (Å²) in [5.41, 5.74) is 42.8. The molecule has 5 aliphatic rings. The average molecular weight is 1190 g/mol. The Bertz CT molecular complexity index is 3450. The molecule has 0 unspecified atom stereocenters. The number of benzene rings is 5. The zero-order valence-corrected chi connectivity index (χ0v) is 46.6. The van der Waals surface area contributed by atoms with Gasteiger partial charge >= 0.3 is 5.97 Å². The van der Waals surface area contributed by atoms with E-state index in [1.54, 1.807) is 115 Å². The van der Waals surface area contributed by atoms with Crippen LogP contribution in [0.3, 0.4) is 0 Å². The molecule has 15 atom stereocenters. The number of fused-ring (bicyclic) bond motifs is 2. The minimum Gasteiger partial charge on any atom is -0.457 e. The van der Waals surface area contributed by atoms with Gasteiger partial charge in [-0.25, -0.2) is 0 Å². The first-order valence-corrected chi connectivity index (χ1v) is 27.4. The maximum absolute atomic E-state index is 14.5. The normalized spacial score (nSPS) is 28.3. The lowest BCUT2D eigenvalue weighted by atomic mass is 9.93. The Morgan fingerprint density at radius 1 is 0.460 bits per heavy atom. The molecule has 0 radical (unpaired) electrons. The molecule has 4 amide bonds. The highest BCUT2D eigenvalue weighted by molar-refractivity contribution is 6.22. The molecule has 448 valence electrons. The molecule has 87 heavy (non-hydrogen) atoms. The number of methoxy groups -OCH3 is 1. The first-order valence-electron chi connectivity index (χ1n) is 27.4. The molecule has 0 bridgehead atoms. The molecule has 0 aliphatic carbocycles. The summed E-state index contributed by atoms with van der Waals surface area (Å²) in [4.78, 5) is 84.5. The largest absolute Gasteiger partial charge is 0.457 e. The number of hydrogen-bond donors (Lipinski definition) is 0. The van der Waals surface area contributed by atoms with E-state index < -0.39 is 141 Å². The number of esters is 1. The Morgan fingerprint density at radius 3 is 1.15 bits per heavy atom. The maximum Gasteiger partial charge on any atom is 0.303 e. The van der Waals surface area contributed by atoms with Crippen molar-refractivity contribution in [2.75, 3.05) is 26.7 Å². The van der Waals surface area contributed by atoms with E-state index in [1.165, 1.54) is 31.4 Å². The van der Waals surface area contributed by atoms with Crippen LogP contribution in [0.2, 0.25) is 0 Å². The van der Waals surface area contributed by atoms with Crippen LogP contribution in [0, 0.1) is 0 Å². The Balaban J connectivity index is 1.10. The molecule has 0 aromatic heterocycles. The lowest BCUT2D eigenvalue weighted by Crippen LogP contribution is -2.67. The van der Waals surface area contributed by atoms with E-state index in [-0.39, 0.29) is 42.1 Å². The van der Waals surface area contributed by atoms with Crippen LogP contribution < -0.4 is 0 Å². The number of rotatable bonds is 24. The number of nitrogens with zero attached hydrogens (tertiary/aromatic N) is 14. The molecule has 3 saturated heterocycles. The number of carbonyl (C=O) groups excluding carboxylic acids is 5. The lowest BCUT2D eigenvalue weighted by molar-refractivity contribution is -0.351. The quantitative estimate of drug-likeness (QED) is 0.0185. The number of carbonyl (C=O) groups is 5. The molecule has 3 fully saturated rings. The predicted octanol–water partition coefficient (Wildman–Crippen LogP) is 8.21. The highest BCUT2D eigenvalue weighted by Crippen LogP contribution is 2.40. The van der Waals surface area contributed by atoms with E-state index in [4.69, 9.17) is 47.4 Å². The summed E-state index contributed by atoms with van der Waals surface area (Å²) in [6.45, 7) is -1.09. The molecular weight excluding hydrogens is 1130 g/mol. The summed E-state index contributed by atoms with van der Waals surface area (Å²) >= 11 is 0. The first kappa shape index (κ1) is 60.8. The molecule has 29 nitrogen and oxygen atoms in total. The van der Waals surface area contributed by atoms with Crippen molar-refractivity contribution in [2.24, 2.45) is 20.5 Å². The lowest BCUT2D eigenvalue weighted by Gasteiger charge is -2.51. The third-order valence-electron chi connectivity index (χ3n) is 15.2. The standard InChI is InChI=1S/C58H56N14O15/c1-32(73)82-47-41(27-71-52(74)36-22-12-13-23-37(36)53(71)75)84-58(44(65-69-61)50(47)80-30-34-18-8-4-9-19-34)87-48-42(28-72-54(76)38-24-14-15-25-39(38)55(72)77)85-57(45(66-70-62)51(48)81-31-35-20-10-5-11-21-35)86-46-40(26-63-67-59)83-56(78-2)43(64-68-60)49(46)79-29-33-16-6-3-7-17-33/h3-25,40-51,56-58H,26-31H2,1-2H3/t40-,41-,42-,43-,44-,45-,46-,47-,48-,49-,50-,51-,56+,57-,58-/m1/s1. The van der Waals surface area contributed by atoms with E-state index in [2.05, 4.69) is 40.1 Å². The third-order valence-corrected chi connectivity index (χ3v) is 15.2. The molecule has 29 heteroatoms. The van der Waals surface area contributed by atoms with Gasteiger partial charge in [0, 0.05) is 33.7 Å². The summed E-state index contributed by atoms with van der Waals surface area (Å²) in [6.07, 6.45) is -18.5. The second kappa shape index (κ2) is 28.3. The van der Waals surface area contributed by atoms with E-state index in [1.807, 2.05) is 0 Å². The third kappa shape index (κ3) is 13.4. The van der Waals surface area contributed by atoms with Crippen molar-refractivity contribution in [1.29, 1.82) is 0 Å². The second-order valence-electron chi connectivity index (χ2n) is 20.5. The number of imide groups is 2. The van der Waals surface area contributed by atoms with Crippen molar-refractivity contribution in [3.05, 3.63) is 220 Å². The van der Waals surface area contributed by atoms with Gasteiger partial charge in [-0.2, -0.15) is 0 Å². The van der Waals surface area contributed by atoms with Crippen LogP contribution in [0.5, 0.6) is 0 Å². The van der Waals surface area contributed by atoms with Gasteiger partial charge in [-0.15, -0.1) is 0 Å². The molecule has 5 heterocycles.